The topological polar surface area (TPSA) is 62.9 Å². The molecule has 100 valence electrons. The molecule has 0 spiro atoms. The summed E-state index contributed by atoms with van der Waals surface area (Å²) in [6.07, 6.45) is 1.05. The highest BCUT2D eigenvalue weighted by atomic mass is 16.5. The summed E-state index contributed by atoms with van der Waals surface area (Å²) in [5, 5.41) is 3.16. The summed E-state index contributed by atoms with van der Waals surface area (Å²) < 4.78 is 5.39. The molecule has 0 aromatic carbocycles. The Morgan fingerprint density at radius 2 is 2.41 bits per heavy atom. The van der Waals surface area contributed by atoms with E-state index in [9.17, 15) is 0 Å². The summed E-state index contributed by atoms with van der Waals surface area (Å²) >= 11 is 0. The summed E-state index contributed by atoms with van der Waals surface area (Å²) in [6.45, 7) is 10.8. The standard InChI is InChI=1S/C12H26N4O/c1-4-10(2)15-12(13)14-5-6-16-7-8-17-9-11(16)3/h10-11H,4-9H2,1-3H3,(H3,13,14,15). The van der Waals surface area contributed by atoms with Crippen LogP contribution in [-0.4, -0.2) is 55.8 Å². The van der Waals surface area contributed by atoms with Crippen LogP contribution in [0.2, 0.25) is 0 Å². The maximum absolute atomic E-state index is 5.80. The van der Waals surface area contributed by atoms with E-state index in [1.165, 1.54) is 0 Å². The van der Waals surface area contributed by atoms with Crippen LogP contribution < -0.4 is 11.1 Å². The molecule has 5 nitrogen and oxygen atoms in total. The molecule has 0 amide bonds. The fraction of sp³-hybridized carbons (Fsp3) is 0.917. The van der Waals surface area contributed by atoms with Crippen LogP contribution in [0.15, 0.2) is 4.99 Å². The largest absolute Gasteiger partial charge is 0.379 e. The molecule has 17 heavy (non-hydrogen) atoms. The van der Waals surface area contributed by atoms with Crippen LogP contribution in [0.4, 0.5) is 0 Å². The predicted molar refractivity (Wildman–Crippen MR) is 71.2 cm³/mol. The molecule has 1 saturated heterocycles. The van der Waals surface area contributed by atoms with Crippen molar-refractivity contribution in [3.05, 3.63) is 0 Å². The molecule has 0 aromatic heterocycles. The number of nitrogens with zero attached hydrogens (tertiary/aromatic N) is 2. The highest BCUT2D eigenvalue weighted by Crippen LogP contribution is 2.04. The molecule has 1 aliphatic rings. The van der Waals surface area contributed by atoms with Crippen LogP contribution in [0, 0.1) is 0 Å². The van der Waals surface area contributed by atoms with E-state index in [4.69, 9.17) is 10.5 Å². The van der Waals surface area contributed by atoms with E-state index in [1.807, 2.05) is 0 Å². The first kappa shape index (κ1) is 14.3. The number of aliphatic imine (C=N–C) groups is 1. The summed E-state index contributed by atoms with van der Waals surface area (Å²) in [5.74, 6) is 0.556. The highest BCUT2D eigenvalue weighted by Gasteiger charge is 2.17. The number of guanidine groups is 1. The van der Waals surface area contributed by atoms with Gasteiger partial charge in [-0.3, -0.25) is 9.89 Å². The van der Waals surface area contributed by atoms with Gasteiger partial charge in [0.05, 0.1) is 19.8 Å². The molecule has 1 fully saturated rings. The summed E-state index contributed by atoms with van der Waals surface area (Å²) in [7, 11) is 0. The smallest absolute Gasteiger partial charge is 0.188 e. The normalized spacial score (nSPS) is 24.6. The third-order valence-corrected chi connectivity index (χ3v) is 3.18. The third kappa shape index (κ3) is 5.37. The van der Waals surface area contributed by atoms with Gasteiger partial charge in [0.1, 0.15) is 0 Å². The molecule has 0 aromatic rings. The first-order valence-corrected chi connectivity index (χ1v) is 6.51. The lowest BCUT2D eigenvalue weighted by Crippen LogP contribution is -2.45. The number of morpholine rings is 1. The van der Waals surface area contributed by atoms with Gasteiger partial charge in [-0.25, -0.2) is 0 Å². The van der Waals surface area contributed by atoms with Crippen LogP contribution in [0.3, 0.4) is 0 Å². The molecule has 1 heterocycles. The Bertz CT molecular complexity index is 245. The number of nitrogens with one attached hydrogen (secondary N) is 1. The van der Waals surface area contributed by atoms with Gasteiger partial charge in [-0.1, -0.05) is 6.92 Å². The maximum atomic E-state index is 5.80. The molecular formula is C12H26N4O. The van der Waals surface area contributed by atoms with Crippen LogP contribution in [0.25, 0.3) is 0 Å². The van der Waals surface area contributed by atoms with E-state index >= 15 is 0 Å². The Kier molecular flexibility index (Phi) is 6.29. The zero-order chi connectivity index (χ0) is 12.7. The van der Waals surface area contributed by atoms with Crippen LogP contribution in [-0.2, 0) is 4.74 Å². The molecule has 3 N–H and O–H groups in total. The molecule has 1 rings (SSSR count). The second-order valence-corrected chi connectivity index (χ2v) is 4.68. The molecule has 1 aliphatic heterocycles. The summed E-state index contributed by atoms with van der Waals surface area (Å²) in [5.41, 5.74) is 5.80. The Hall–Kier alpha value is -0.810. The van der Waals surface area contributed by atoms with Gasteiger partial charge in [-0.2, -0.15) is 0 Å². The molecule has 5 heteroatoms. The van der Waals surface area contributed by atoms with Gasteiger partial charge in [-0.15, -0.1) is 0 Å². The highest BCUT2D eigenvalue weighted by molar-refractivity contribution is 5.78. The second-order valence-electron chi connectivity index (χ2n) is 4.68. The predicted octanol–water partition coefficient (Wildman–Crippen LogP) is 0.410. The fourth-order valence-electron chi connectivity index (χ4n) is 1.79. The van der Waals surface area contributed by atoms with Gasteiger partial charge < -0.3 is 15.8 Å². The minimum atomic E-state index is 0.390. The average Bonchev–Trinajstić information content (AvgIpc) is 2.31. The molecule has 2 atom stereocenters. The Morgan fingerprint density at radius 3 is 3.06 bits per heavy atom. The Labute approximate surface area is 104 Å². The van der Waals surface area contributed by atoms with Crippen LogP contribution in [0.1, 0.15) is 27.2 Å². The zero-order valence-electron chi connectivity index (χ0n) is 11.3. The zero-order valence-corrected chi connectivity index (χ0v) is 11.3. The SMILES string of the molecule is CCC(C)NC(N)=NCCN1CCOCC1C. The summed E-state index contributed by atoms with van der Waals surface area (Å²) in [6, 6.07) is 0.878. The fourth-order valence-corrected chi connectivity index (χ4v) is 1.79. The van der Waals surface area contributed by atoms with Crippen molar-refractivity contribution in [2.75, 3.05) is 32.8 Å². The minimum Gasteiger partial charge on any atom is -0.379 e. The van der Waals surface area contributed by atoms with Gasteiger partial charge in [0.25, 0.3) is 0 Å². The van der Waals surface area contributed by atoms with Gasteiger partial charge in [0, 0.05) is 25.2 Å². The van der Waals surface area contributed by atoms with Gasteiger partial charge >= 0.3 is 0 Å². The maximum Gasteiger partial charge on any atom is 0.188 e. The van der Waals surface area contributed by atoms with Crippen molar-refractivity contribution in [3.8, 4) is 0 Å². The number of ether oxygens (including phenoxy) is 1. The van der Waals surface area contributed by atoms with E-state index in [0.29, 0.717) is 18.0 Å². The molecule has 2 unspecified atom stereocenters. The average molecular weight is 242 g/mol. The monoisotopic (exact) mass is 242 g/mol. The van der Waals surface area contributed by atoms with Crippen LogP contribution >= 0.6 is 0 Å². The van der Waals surface area contributed by atoms with E-state index in [1.54, 1.807) is 0 Å². The summed E-state index contributed by atoms with van der Waals surface area (Å²) in [4.78, 5) is 6.73. The van der Waals surface area contributed by atoms with Crippen molar-refractivity contribution in [1.29, 1.82) is 0 Å². The van der Waals surface area contributed by atoms with Gasteiger partial charge in [-0.05, 0) is 20.3 Å². The lowest BCUT2D eigenvalue weighted by atomic mass is 10.2. The van der Waals surface area contributed by atoms with Gasteiger partial charge in [0.2, 0.25) is 0 Å². The van der Waals surface area contributed by atoms with E-state index in [-0.39, 0.29) is 0 Å². The lowest BCUT2D eigenvalue weighted by Gasteiger charge is -2.32. The lowest BCUT2D eigenvalue weighted by molar-refractivity contribution is 0.00141. The quantitative estimate of drug-likeness (QED) is 0.541. The van der Waals surface area contributed by atoms with Crippen molar-refractivity contribution in [3.63, 3.8) is 0 Å². The Balaban J connectivity index is 2.23. The van der Waals surface area contributed by atoms with Crippen LogP contribution in [0.5, 0.6) is 0 Å². The van der Waals surface area contributed by atoms with E-state index in [2.05, 4.69) is 36.0 Å². The number of hydrogen-bond acceptors (Lipinski definition) is 3. The van der Waals surface area contributed by atoms with Crippen molar-refractivity contribution in [2.45, 2.75) is 39.3 Å². The molecule has 0 radical (unpaired) electrons. The van der Waals surface area contributed by atoms with Crippen molar-refractivity contribution in [1.82, 2.24) is 10.2 Å². The third-order valence-electron chi connectivity index (χ3n) is 3.18. The first-order chi connectivity index (χ1) is 8.13. The van der Waals surface area contributed by atoms with E-state index in [0.717, 1.165) is 39.3 Å². The second kappa shape index (κ2) is 7.50. The van der Waals surface area contributed by atoms with Gasteiger partial charge in [0.15, 0.2) is 5.96 Å². The van der Waals surface area contributed by atoms with Crippen molar-refractivity contribution < 1.29 is 4.74 Å². The molecular weight excluding hydrogens is 216 g/mol. The molecule has 0 bridgehead atoms. The Morgan fingerprint density at radius 1 is 1.65 bits per heavy atom. The molecule has 0 aliphatic carbocycles. The molecule has 0 saturated carbocycles. The number of hydrogen-bond donors (Lipinski definition) is 2. The minimum absolute atomic E-state index is 0.390. The van der Waals surface area contributed by atoms with Crippen molar-refractivity contribution >= 4 is 5.96 Å². The first-order valence-electron chi connectivity index (χ1n) is 6.51. The number of rotatable bonds is 5. The number of nitrogens with two attached hydrogens (primary N) is 1. The van der Waals surface area contributed by atoms with Crippen molar-refractivity contribution in [2.24, 2.45) is 10.7 Å². The van der Waals surface area contributed by atoms with E-state index < -0.39 is 0 Å².